The lowest BCUT2D eigenvalue weighted by atomic mass is 9.79. The maximum atomic E-state index is 11.8. The standard InChI is InChI=1S/C17H20N2O.C14H20.2C4H10.C2H6/c1-6-9-15-10-16(14(7-2)11-18-8-3)19-12(4)17(15)13(5)20;1-11-3-7-13(8-4-11)14-9-5-12(2)6-10-14;2*1-3-4-2;1-2/h6-11H,2H2,1,3-5H3;3-4,7-8,12,14H,5-6,9-10H2,1-2H3;2*3-4H2,1-2H3;1-2H3/b9-6-,14-11+,18-8?;;;;. The van der Waals surface area contributed by atoms with Gasteiger partial charge in [0, 0.05) is 29.2 Å². The van der Waals surface area contributed by atoms with Crippen LogP contribution in [0.4, 0.5) is 0 Å². The van der Waals surface area contributed by atoms with Crippen molar-refractivity contribution in [1.82, 2.24) is 4.98 Å². The number of aliphatic imine (C=N–C) groups is 1. The molecule has 3 nitrogen and oxygen atoms in total. The van der Waals surface area contributed by atoms with Gasteiger partial charge in [-0.1, -0.05) is 142 Å². The van der Waals surface area contributed by atoms with Gasteiger partial charge < -0.3 is 0 Å². The second-order valence-corrected chi connectivity index (χ2v) is 11.2. The van der Waals surface area contributed by atoms with E-state index in [1.807, 2.05) is 52.8 Å². The van der Waals surface area contributed by atoms with Gasteiger partial charge in [0.25, 0.3) is 0 Å². The second kappa shape index (κ2) is 27.5. The minimum absolute atomic E-state index is 0.0189. The summed E-state index contributed by atoms with van der Waals surface area (Å²) >= 11 is 0. The Balaban J connectivity index is 0. The Morgan fingerprint density at radius 1 is 0.932 bits per heavy atom. The highest BCUT2D eigenvalue weighted by atomic mass is 16.1. The van der Waals surface area contributed by atoms with Crippen molar-refractivity contribution < 1.29 is 4.79 Å². The van der Waals surface area contributed by atoms with Crippen molar-refractivity contribution in [2.45, 2.75) is 140 Å². The van der Waals surface area contributed by atoms with Gasteiger partial charge in [-0.05, 0) is 76.5 Å². The number of allylic oxidation sites excluding steroid dienone is 3. The molecule has 0 atom stereocenters. The lowest BCUT2D eigenvalue weighted by Crippen LogP contribution is -2.10. The molecule has 1 aromatic heterocycles. The maximum Gasteiger partial charge on any atom is 0.162 e. The first kappa shape index (κ1) is 43.1. The molecule has 1 saturated carbocycles. The van der Waals surface area contributed by atoms with E-state index in [0.29, 0.717) is 5.56 Å². The van der Waals surface area contributed by atoms with Crippen LogP contribution in [0.3, 0.4) is 0 Å². The number of hydrogen-bond donors (Lipinski definition) is 0. The van der Waals surface area contributed by atoms with Gasteiger partial charge >= 0.3 is 0 Å². The van der Waals surface area contributed by atoms with Gasteiger partial charge in [0.15, 0.2) is 5.78 Å². The third kappa shape index (κ3) is 17.9. The Morgan fingerprint density at radius 3 is 1.86 bits per heavy atom. The number of unbranched alkanes of at least 4 members (excludes halogenated alkanes) is 2. The Bertz CT molecular complexity index is 1110. The number of carbonyl (C=O) groups excluding carboxylic acids is 1. The summed E-state index contributed by atoms with van der Waals surface area (Å²) in [6.07, 6.45) is 19.8. The van der Waals surface area contributed by atoms with Crippen molar-refractivity contribution in [3.63, 3.8) is 0 Å². The van der Waals surface area contributed by atoms with E-state index in [4.69, 9.17) is 0 Å². The highest BCUT2D eigenvalue weighted by Gasteiger charge is 2.19. The fraction of sp³-hybridized carbons (Fsp3) is 0.537. The first-order chi connectivity index (χ1) is 21.1. The number of carbonyl (C=O) groups is 1. The highest BCUT2D eigenvalue weighted by Crippen LogP contribution is 2.35. The van der Waals surface area contributed by atoms with E-state index in [1.165, 1.54) is 56.9 Å². The monoisotopic (exact) mass is 603 g/mol. The van der Waals surface area contributed by atoms with Crippen LogP contribution in [-0.2, 0) is 0 Å². The zero-order valence-electron chi connectivity index (χ0n) is 30.6. The topological polar surface area (TPSA) is 42.3 Å². The number of ketones is 1. The number of aryl methyl sites for hydroxylation is 2. The van der Waals surface area contributed by atoms with Crippen LogP contribution in [0.15, 0.2) is 60.3 Å². The van der Waals surface area contributed by atoms with E-state index >= 15 is 0 Å². The number of Topliss-reactive ketones (excluding diaryl/α,β-unsaturated/α-hetero) is 1. The summed E-state index contributed by atoms with van der Waals surface area (Å²) in [6.45, 7) is 28.2. The van der Waals surface area contributed by atoms with Gasteiger partial charge in [0.05, 0.1) is 5.69 Å². The molecule has 0 radical (unpaired) electrons. The van der Waals surface area contributed by atoms with Gasteiger partial charge in [0.2, 0.25) is 0 Å². The van der Waals surface area contributed by atoms with Crippen LogP contribution in [-0.4, -0.2) is 17.0 Å². The molecular formula is C41H66N2O. The lowest BCUT2D eigenvalue weighted by Gasteiger charge is -2.26. The molecule has 1 heterocycles. The number of pyridine rings is 1. The lowest BCUT2D eigenvalue weighted by molar-refractivity contribution is 0.101. The van der Waals surface area contributed by atoms with E-state index < -0.39 is 0 Å². The molecule has 1 aromatic carbocycles. The van der Waals surface area contributed by atoms with Crippen molar-refractivity contribution in [1.29, 1.82) is 0 Å². The Morgan fingerprint density at radius 2 is 1.45 bits per heavy atom. The second-order valence-electron chi connectivity index (χ2n) is 11.2. The van der Waals surface area contributed by atoms with Crippen LogP contribution < -0.4 is 0 Å². The third-order valence-electron chi connectivity index (χ3n) is 7.37. The van der Waals surface area contributed by atoms with E-state index in [-0.39, 0.29) is 5.78 Å². The van der Waals surface area contributed by atoms with Crippen LogP contribution in [0.2, 0.25) is 0 Å². The third-order valence-corrected chi connectivity index (χ3v) is 7.37. The molecule has 3 rings (SSSR count). The molecule has 0 bridgehead atoms. The molecule has 2 aromatic rings. The minimum Gasteiger partial charge on any atom is -0.294 e. The fourth-order valence-corrected chi connectivity index (χ4v) is 4.42. The van der Waals surface area contributed by atoms with Crippen LogP contribution in [0.25, 0.3) is 11.6 Å². The normalized spacial score (nSPS) is 15.9. The van der Waals surface area contributed by atoms with Gasteiger partial charge in [-0.25, -0.2) is 0 Å². The predicted molar refractivity (Wildman–Crippen MR) is 200 cm³/mol. The molecule has 0 saturated heterocycles. The van der Waals surface area contributed by atoms with Crippen LogP contribution in [0.1, 0.15) is 165 Å². The molecule has 0 amide bonds. The molecule has 0 unspecified atom stereocenters. The Kier molecular flexibility index (Phi) is 26.9. The van der Waals surface area contributed by atoms with E-state index in [2.05, 4.69) is 82.4 Å². The van der Waals surface area contributed by atoms with E-state index in [0.717, 1.165) is 34.4 Å². The van der Waals surface area contributed by atoms with E-state index in [1.54, 1.807) is 31.0 Å². The number of rotatable bonds is 8. The first-order valence-corrected chi connectivity index (χ1v) is 17.2. The van der Waals surface area contributed by atoms with Crippen molar-refractivity contribution in [2.24, 2.45) is 10.9 Å². The summed E-state index contributed by atoms with van der Waals surface area (Å²) in [4.78, 5) is 20.3. The highest BCUT2D eigenvalue weighted by molar-refractivity contribution is 5.99. The van der Waals surface area contributed by atoms with Crippen molar-refractivity contribution in [2.75, 3.05) is 0 Å². The van der Waals surface area contributed by atoms with Crippen LogP contribution in [0.5, 0.6) is 0 Å². The summed E-state index contributed by atoms with van der Waals surface area (Å²) in [5.74, 6) is 1.81. The quantitative estimate of drug-likeness (QED) is 0.171. The number of benzene rings is 1. The smallest absolute Gasteiger partial charge is 0.162 e. The van der Waals surface area contributed by atoms with Crippen molar-refractivity contribution >= 4 is 23.6 Å². The molecule has 1 fully saturated rings. The Hall–Kier alpha value is -3.07. The molecule has 0 N–H and O–H groups in total. The summed E-state index contributed by atoms with van der Waals surface area (Å²) in [7, 11) is 0. The van der Waals surface area contributed by atoms with E-state index in [9.17, 15) is 4.79 Å². The molecular weight excluding hydrogens is 536 g/mol. The van der Waals surface area contributed by atoms with Crippen molar-refractivity contribution in [3.05, 3.63) is 88.9 Å². The number of aromatic nitrogens is 1. The molecule has 3 heteroatoms. The van der Waals surface area contributed by atoms with Gasteiger partial charge in [-0.3, -0.25) is 14.8 Å². The van der Waals surface area contributed by atoms with Gasteiger partial charge in [-0.2, -0.15) is 0 Å². The SMILES string of the molecule is C=C/C(=C\N=CC)c1cc(/C=C\C)c(C(C)=O)c(C)n1.CC.CCCC.CCCC.Cc1ccc(C2CCC(C)CC2)cc1. The van der Waals surface area contributed by atoms with Gasteiger partial charge in [-0.15, -0.1) is 0 Å². The number of hydrogen-bond acceptors (Lipinski definition) is 3. The Labute approximate surface area is 273 Å². The van der Waals surface area contributed by atoms with Crippen LogP contribution >= 0.6 is 0 Å². The maximum absolute atomic E-state index is 11.8. The molecule has 246 valence electrons. The predicted octanol–water partition coefficient (Wildman–Crippen LogP) is 13.2. The van der Waals surface area contributed by atoms with Crippen LogP contribution in [0, 0.1) is 19.8 Å². The molecule has 1 aliphatic carbocycles. The van der Waals surface area contributed by atoms with Gasteiger partial charge in [0.1, 0.15) is 0 Å². The fourth-order valence-electron chi connectivity index (χ4n) is 4.42. The minimum atomic E-state index is 0.0189. The zero-order valence-corrected chi connectivity index (χ0v) is 30.6. The molecule has 0 spiro atoms. The largest absolute Gasteiger partial charge is 0.294 e. The zero-order chi connectivity index (χ0) is 33.9. The summed E-state index contributed by atoms with van der Waals surface area (Å²) in [5.41, 5.74) is 6.77. The molecule has 0 aliphatic heterocycles. The summed E-state index contributed by atoms with van der Waals surface area (Å²) in [5, 5.41) is 0. The first-order valence-electron chi connectivity index (χ1n) is 17.2. The molecule has 44 heavy (non-hydrogen) atoms. The average molecular weight is 603 g/mol. The molecule has 1 aliphatic rings. The van der Waals surface area contributed by atoms with Crippen molar-refractivity contribution in [3.8, 4) is 0 Å². The summed E-state index contributed by atoms with van der Waals surface area (Å²) in [6, 6.07) is 11.0. The number of nitrogens with zero attached hydrogens (tertiary/aromatic N) is 2. The average Bonchev–Trinajstić information content (AvgIpc) is 3.03. The summed E-state index contributed by atoms with van der Waals surface area (Å²) < 4.78 is 0.